The molecule has 1 fully saturated rings. The molecule has 2 aliphatic carbocycles. The summed E-state index contributed by atoms with van der Waals surface area (Å²) in [7, 11) is 3.38. The number of anilines is 1. The van der Waals surface area contributed by atoms with E-state index in [4.69, 9.17) is 0 Å². The highest BCUT2D eigenvalue weighted by Gasteiger charge is 2.47. The summed E-state index contributed by atoms with van der Waals surface area (Å²) in [5.74, 6) is -1.79. The first-order valence-electron chi connectivity index (χ1n) is 25.4. The number of nitrogens with one attached hydrogen (secondary N) is 7. The molecule has 9 atom stereocenters. The molecular weight excluding hydrogens is 883 g/mol. The molecule has 7 rings (SSSR count). The standard InChI is InChI=1S/C55H77N9O6/c1-32(56-9)48(65)61-46(54(3,4)5)52(69)63-30-37-27-38(26-25-36(37)28-44(63)50(67)59-42-23-15-19-34-17-11-13-21-40(34)42)58-39-29-45(51(68)60-43-24-16-20-35-18-12-14-22-41(35)43)64(31-39)53(70)47(55(6,7)8)62-49(66)33(2)57-10/h11-14,17-18,21-22,25-27,32-33,39,42-47,56-58H,15-16,19-20,23-24,28-31H2,1-10H3,(H,59,67)(H,60,68)(H,61,65)(H,62,66). The SMILES string of the molecule is CNC(C)C(=O)NC(C(=O)N1Cc2cc(NC3CC(C(=O)NC4CCCc5ccccc54)N(C(=O)C(NC(=O)C(C)NC)C(C)(C)C)C3)ccc2CC1C(=O)NC1CCCc2ccccc21)C(C)(C)C. The van der Waals surface area contributed by atoms with Crippen LogP contribution >= 0.6 is 0 Å². The van der Waals surface area contributed by atoms with Crippen molar-refractivity contribution in [3.05, 3.63) is 100 Å². The minimum Gasteiger partial charge on any atom is -0.380 e. The lowest BCUT2D eigenvalue weighted by Gasteiger charge is -2.42. The summed E-state index contributed by atoms with van der Waals surface area (Å²) in [5.41, 5.74) is 5.76. The Morgan fingerprint density at radius 3 is 1.59 bits per heavy atom. The van der Waals surface area contributed by atoms with Crippen molar-refractivity contribution in [2.24, 2.45) is 10.8 Å². The fourth-order valence-corrected chi connectivity index (χ4v) is 10.6. The lowest BCUT2D eigenvalue weighted by Crippen LogP contribution is -2.62. The van der Waals surface area contributed by atoms with Gasteiger partial charge < -0.3 is 47.0 Å². The van der Waals surface area contributed by atoms with Crippen molar-refractivity contribution in [1.29, 1.82) is 0 Å². The molecule has 1 saturated heterocycles. The Kier molecular flexibility index (Phi) is 16.1. The number of amides is 6. The first kappa shape index (κ1) is 52.0. The van der Waals surface area contributed by atoms with E-state index >= 15 is 4.79 Å². The third-order valence-electron chi connectivity index (χ3n) is 15.0. The van der Waals surface area contributed by atoms with Crippen LogP contribution in [0, 0.1) is 10.8 Å². The molecule has 0 spiro atoms. The van der Waals surface area contributed by atoms with E-state index in [1.807, 2.05) is 84.0 Å². The molecule has 0 saturated carbocycles. The van der Waals surface area contributed by atoms with Gasteiger partial charge in [0.05, 0.1) is 24.2 Å². The number of carbonyl (C=O) groups is 6. The Morgan fingerprint density at radius 2 is 1.09 bits per heavy atom. The molecule has 2 aliphatic heterocycles. The summed E-state index contributed by atoms with van der Waals surface area (Å²) in [6.45, 7) is 15.2. The van der Waals surface area contributed by atoms with Crippen molar-refractivity contribution < 1.29 is 28.8 Å². The van der Waals surface area contributed by atoms with Crippen LogP contribution in [0.4, 0.5) is 5.69 Å². The normalized spacial score (nSPS) is 22.7. The first-order valence-corrected chi connectivity index (χ1v) is 25.4. The zero-order valence-electron chi connectivity index (χ0n) is 43.0. The van der Waals surface area contributed by atoms with Crippen LogP contribution in [0.3, 0.4) is 0 Å². The summed E-state index contributed by atoms with van der Waals surface area (Å²) >= 11 is 0. The van der Waals surface area contributed by atoms with Crippen molar-refractivity contribution in [3.63, 3.8) is 0 Å². The van der Waals surface area contributed by atoms with E-state index in [9.17, 15) is 24.0 Å². The van der Waals surface area contributed by atoms with E-state index in [1.165, 1.54) is 11.1 Å². The van der Waals surface area contributed by atoms with E-state index in [2.05, 4.69) is 61.5 Å². The highest BCUT2D eigenvalue weighted by Crippen LogP contribution is 2.35. The predicted molar refractivity (Wildman–Crippen MR) is 272 cm³/mol. The largest absolute Gasteiger partial charge is 0.380 e. The van der Waals surface area contributed by atoms with E-state index in [0.29, 0.717) is 6.42 Å². The molecule has 15 nitrogen and oxygen atoms in total. The van der Waals surface area contributed by atoms with Gasteiger partial charge in [-0.2, -0.15) is 0 Å². The molecule has 2 heterocycles. The van der Waals surface area contributed by atoms with Gasteiger partial charge in [-0.05, 0) is 129 Å². The van der Waals surface area contributed by atoms with Crippen LogP contribution in [-0.4, -0.2) is 108 Å². The Balaban J connectivity index is 1.17. The summed E-state index contributed by atoms with van der Waals surface area (Å²) < 4.78 is 0. The Bertz CT molecular complexity index is 2430. The van der Waals surface area contributed by atoms with Crippen LogP contribution in [0.2, 0.25) is 0 Å². The average Bonchev–Trinajstić information content (AvgIpc) is 3.76. The van der Waals surface area contributed by atoms with Gasteiger partial charge in [-0.15, -0.1) is 0 Å². The van der Waals surface area contributed by atoms with Crippen LogP contribution < -0.4 is 37.2 Å². The quantitative estimate of drug-likeness (QED) is 0.117. The lowest BCUT2D eigenvalue weighted by atomic mass is 9.83. The van der Waals surface area contributed by atoms with Gasteiger partial charge in [0.1, 0.15) is 24.2 Å². The monoisotopic (exact) mass is 960 g/mol. The van der Waals surface area contributed by atoms with Crippen LogP contribution in [0.15, 0.2) is 66.7 Å². The fraction of sp³-hybridized carbons (Fsp3) is 0.564. The second kappa shape index (κ2) is 21.7. The number of hydrogen-bond donors (Lipinski definition) is 7. The number of likely N-dealkylation sites (tertiary alicyclic amines) is 1. The van der Waals surface area contributed by atoms with Crippen molar-refractivity contribution >= 4 is 41.1 Å². The van der Waals surface area contributed by atoms with Gasteiger partial charge >= 0.3 is 0 Å². The molecule has 0 aromatic heterocycles. The molecule has 3 aromatic rings. The van der Waals surface area contributed by atoms with E-state index in [-0.39, 0.29) is 73.1 Å². The van der Waals surface area contributed by atoms with Gasteiger partial charge in [-0.3, -0.25) is 28.8 Å². The maximum atomic E-state index is 15.0. The van der Waals surface area contributed by atoms with Crippen LogP contribution in [0.25, 0.3) is 0 Å². The maximum Gasteiger partial charge on any atom is 0.246 e. The highest BCUT2D eigenvalue weighted by atomic mass is 16.2. The zero-order valence-corrected chi connectivity index (χ0v) is 43.0. The van der Waals surface area contributed by atoms with Gasteiger partial charge in [0.15, 0.2) is 0 Å². The fourth-order valence-electron chi connectivity index (χ4n) is 10.6. The second-order valence-corrected chi connectivity index (χ2v) is 22.2. The summed E-state index contributed by atoms with van der Waals surface area (Å²) in [6.07, 6.45) is 5.93. The molecular formula is C55H77N9O6. The number of benzene rings is 3. The van der Waals surface area contributed by atoms with Crippen molar-refractivity contribution in [3.8, 4) is 0 Å². The zero-order chi connectivity index (χ0) is 50.7. The predicted octanol–water partition coefficient (Wildman–Crippen LogP) is 4.99. The summed E-state index contributed by atoms with van der Waals surface area (Å²) in [6, 6.07) is 17.0. The number of likely N-dealkylation sites (N-methyl/N-ethyl adjacent to an activating group) is 2. The molecule has 6 amide bonds. The van der Waals surface area contributed by atoms with Gasteiger partial charge in [0.25, 0.3) is 0 Å². The molecule has 0 radical (unpaired) electrons. The van der Waals surface area contributed by atoms with Gasteiger partial charge in [-0.1, -0.05) is 96.1 Å². The van der Waals surface area contributed by atoms with E-state index in [0.717, 1.165) is 66.5 Å². The minimum absolute atomic E-state index is 0.119. The molecule has 3 aromatic carbocycles. The highest BCUT2D eigenvalue weighted by molar-refractivity contribution is 5.95. The number of aryl methyl sites for hydroxylation is 2. The van der Waals surface area contributed by atoms with E-state index in [1.54, 1.807) is 37.7 Å². The molecule has 0 bridgehead atoms. The smallest absolute Gasteiger partial charge is 0.246 e. The summed E-state index contributed by atoms with van der Waals surface area (Å²) in [4.78, 5) is 89.0. The number of rotatable bonds is 14. The van der Waals surface area contributed by atoms with Gasteiger partial charge in [-0.25, -0.2) is 0 Å². The molecule has 7 N–H and O–H groups in total. The van der Waals surface area contributed by atoms with Crippen LogP contribution in [0.5, 0.6) is 0 Å². The third-order valence-corrected chi connectivity index (χ3v) is 15.0. The van der Waals surface area contributed by atoms with Crippen LogP contribution in [0.1, 0.15) is 133 Å². The summed E-state index contributed by atoms with van der Waals surface area (Å²) in [5, 5.41) is 22.2. The minimum atomic E-state index is -0.931. The van der Waals surface area contributed by atoms with Crippen molar-refractivity contribution in [2.45, 2.75) is 168 Å². The maximum absolute atomic E-state index is 15.0. The molecule has 70 heavy (non-hydrogen) atoms. The topological polar surface area (TPSA) is 193 Å². The molecule has 378 valence electrons. The second-order valence-electron chi connectivity index (χ2n) is 22.2. The van der Waals surface area contributed by atoms with Gasteiger partial charge in [0, 0.05) is 31.2 Å². The number of fused-ring (bicyclic) bond motifs is 3. The lowest BCUT2D eigenvalue weighted by molar-refractivity contribution is -0.147. The van der Waals surface area contributed by atoms with E-state index < -0.39 is 47.1 Å². The molecule has 9 unspecified atom stereocenters. The third kappa shape index (κ3) is 11.7. The Labute approximate surface area is 414 Å². The van der Waals surface area contributed by atoms with Crippen molar-refractivity contribution in [2.75, 3.05) is 26.0 Å². The molecule has 15 heteroatoms. The van der Waals surface area contributed by atoms with Crippen molar-refractivity contribution in [1.82, 2.24) is 41.7 Å². The molecule has 4 aliphatic rings. The van der Waals surface area contributed by atoms with Crippen LogP contribution in [-0.2, 0) is 54.6 Å². The number of hydrogen-bond acceptors (Lipinski definition) is 9. The Morgan fingerprint density at radius 1 is 0.600 bits per heavy atom. The first-order chi connectivity index (χ1) is 33.2. The number of nitrogens with zero attached hydrogens (tertiary/aromatic N) is 2. The Hall–Kier alpha value is -5.80. The van der Waals surface area contributed by atoms with Gasteiger partial charge in [0.2, 0.25) is 35.4 Å². The average molecular weight is 960 g/mol. The number of carbonyl (C=O) groups excluding carboxylic acids is 6.